The van der Waals surface area contributed by atoms with Crippen LogP contribution in [0.25, 0.3) is 10.9 Å². The Bertz CT molecular complexity index is 491. The van der Waals surface area contributed by atoms with E-state index in [1.807, 2.05) is 12.1 Å². The highest BCUT2D eigenvalue weighted by atomic mass is 16.1. The predicted octanol–water partition coefficient (Wildman–Crippen LogP) is 2.76. The number of aryl methyl sites for hydroxylation is 1. The standard InChI is InChI=1S/C13H13NO/c1-10(15)4-5-11-6-7-12-3-2-8-14-13(12)9-11/h2-3,6-9H,4-5H2,1H3. The van der Waals surface area contributed by atoms with Crippen LogP contribution >= 0.6 is 0 Å². The normalized spacial score (nSPS) is 10.5. The molecule has 2 aromatic rings. The Balaban J connectivity index is 2.26. The van der Waals surface area contributed by atoms with Crippen molar-refractivity contribution in [2.45, 2.75) is 19.8 Å². The second kappa shape index (κ2) is 4.22. The lowest BCUT2D eigenvalue weighted by atomic mass is 10.1. The summed E-state index contributed by atoms with van der Waals surface area (Å²) in [6.07, 6.45) is 3.21. The highest BCUT2D eigenvalue weighted by Crippen LogP contribution is 2.14. The molecule has 0 aliphatic carbocycles. The molecule has 1 aromatic heterocycles. The van der Waals surface area contributed by atoms with Crippen LogP contribution in [0.2, 0.25) is 0 Å². The van der Waals surface area contributed by atoms with Gasteiger partial charge in [-0.3, -0.25) is 4.98 Å². The average Bonchev–Trinajstić information content (AvgIpc) is 2.26. The van der Waals surface area contributed by atoms with Crippen LogP contribution in [-0.4, -0.2) is 10.8 Å². The number of Topliss-reactive ketones (excluding diaryl/α,β-unsaturated/α-hetero) is 1. The molecule has 0 amide bonds. The third-order valence-electron chi connectivity index (χ3n) is 2.44. The van der Waals surface area contributed by atoms with E-state index in [9.17, 15) is 4.79 Å². The van der Waals surface area contributed by atoms with Gasteiger partial charge in [-0.2, -0.15) is 0 Å². The van der Waals surface area contributed by atoms with Gasteiger partial charge in [0.15, 0.2) is 0 Å². The minimum atomic E-state index is 0.233. The van der Waals surface area contributed by atoms with Crippen LogP contribution in [0, 0.1) is 0 Å². The van der Waals surface area contributed by atoms with Crippen LogP contribution in [0.3, 0.4) is 0 Å². The van der Waals surface area contributed by atoms with Gasteiger partial charge in [-0.15, -0.1) is 0 Å². The van der Waals surface area contributed by atoms with Crippen LogP contribution in [0.4, 0.5) is 0 Å². The van der Waals surface area contributed by atoms with E-state index in [1.165, 1.54) is 5.56 Å². The molecule has 2 heteroatoms. The summed E-state index contributed by atoms with van der Waals surface area (Å²) < 4.78 is 0. The first kappa shape index (κ1) is 9.84. The molecule has 15 heavy (non-hydrogen) atoms. The SMILES string of the molecule is CC(=O)CCc1ccc2cccnc2c1. The van der Waals surface area contributed by atoms with Gasteiger partial charge in [0.2, 0.25) is 0 Å². The number of carbonyl (C=O) groups is 1. The molecule has 0 spiro atoms. The van der Waals surface area contributed by atoms with E-state index >= 15 is 0 Å². The Morgan fingerprint density at radius 1 is 1.33 bits per heavy atom. The van der Waals surface area contributed by atoms with Gasteiger partial charge in [0, 0.05) is 18.0 Å². The van der Waals surface area contributed by atoms with E-state index in [1.54, 1.807) is 13.1 Å². The first-order chi connectivity index (χ1) is 7.25. The number of rotatable bonds is 3. The van der Waals surface area contributed by atoms with Crippen LogP contribution in [-0.2, 0) is 11.2 Å². The highest BCUT2D eigenvalue weighted by molar-refractivity contribution is 5.79. The lowest BCUT2D eigenvalue weighted by Gasteiger charge is -2.01. The van der Waals surface area contributed by atoms with Crippen molar-refractivity contribution in [2.24, 2.45) is 0 Å². The molecule has 1 heterocycles. The molecule has 2 nitrogen and oxygen atoms in total. The number of benzene rings is 1. The van der Waals surface area contributed by atoms with E-state index in [0.717, 1.165) is 17.3 Å². The zero-order valence-electron chi connectivity index (χ0n) is 8.73. The number of aromatic nitrogens is 1. The molecule has 0 unspecified atom stereocenters. The Morgan fingerprint density at radius 3 is 3.00 bits per heavy atom. The quantitative estimate of drug-likeness (QED) is 0.760. The number of hydrogen-bond acceptors (Lipinski definition) is 2. The zero-order chi connectivity index (χ0) is 10.7. The second-order valence-corrected chi connectivity index (χ2v) is 3.73. The lowest BCUT2D eigenvalue weighted by Crippen LogP contribution is -1.94. The fourth-order valence-electron chi connectivity index (χ4n) is 1.59. The summed E-state index contributed by atoms with van der Waals surface area (Å²) >= 11 is 0. The fraction of sp³-hybridized carbons (Fsp3) is 0.231. The average molecular weight is 199 g/mol. The molecule has 0 N–H and O–H groups in total. The first-order valence-electron chi connectivity index (χ1n) is 5.09. The number of hydrogen-bond donors (Lipinski definition) is 0. The molecule has 76 valence electrons. The molecular weight excluding hydrogens is 186 g/mol. The molecule has 2 rings (SSSR count). The van der Waals surface area contributed by atoms with Crippen molar-refractivity contribution in [3.05, 3.63) is 42.1 Å². The molecule has 0 aliphatic heterocycles. The number of ketones is 1. The summed E-state index contributed by atoms with van der Waals surface area (Å²) in [5.74, 6) is 0.233. The maximum Gasteiger partial charge on any atom is 0.130 e. The Morgan fingerprint density at radius 2 is 2.20 bits per heavy atom. The van der Waals surface area contributed by atoms with Crippen molar-refractivity contribution < 1.29 is 4.79 Å². The number of pyridine rings is 1. The lowest BCUT2D eigenvalue weighted by molar-refractivity contribution is -0.116. The molecule has 0 aliphatic rings. The van der Waals surface area contributed by atoms with Gasteiger partial charge >= 0.3 is 0 Å². The molecule has 0 fully saturated rings. The minimum Gasteiger partial charge on any atom is -0.300 e. The van der Waals surface area contributed by atoms with Crippen molar-refractivity contribution in [3.8, 4) is 0 Å². The van der Waals surface area contributed by atoms with E-state index in [0.29, 0.717) is 6.42 Å². The number of fused-ring (bicyclic) bond motifs is 1. The van der Waals surface area contributed by atoms with Crippen molar-refractivity contribution in [1.82, 2.24) is 4.98 Å². The first-order valence-corrected chi connectivity index (χ1v) is 5.09. The van der Waals surface area contributed by atoms with E-state index in [4.69, 9.17) is 0 Å². The van der Waals surface area contributed by atoms with E-state index in [-0.39, 0.29) is 5.78 Å². The van der Waals surface area contributed by atoms with Crippen molar-refractivity contribution in [1.29, 1.82) is 0 Å². The molecule has 1 aromatic carbocycles. The van der Waals surface area contributed by atoms with E-state index in [2.05, 4.69) is 23.2 Å². The highest BCUT2D eigenvalue weighted by Gasteiger charge is 1.99. The topological polar surface area (TPSA) is 30.0 Å². The predicted molar refractivity (Wildman–Crippen MR) is 60.7 cm³/mol. The summed E-state index contributed by atoms with van der Waals surface area (Å²) in [5, 5.41) is 1.14. The Hall–Kier alpha value is -1.70. The number of nitrogens with zero attached hydrogens (tertiary/aromatic N) is 1. The molecule has 0 radical (unpaired) electrons. The third kappa shape index (κ3) is 2.40. The Kier molecular flexibility index (Phi) is 2.77. The maximum atomic E-state index is 10.9. The van der Waals surface area contributed by atoms with Gasteiger partial charge in [-0.05, 0) is 31.0 Å². The molecule has 0 saturated carbocycles. The van der Waals surface area contributed by atoms with Gasteiger partial charge in [0.1, 0.15) is 5.78 Å². The van der Waals surface area contributed by atoms with Gasteiger partial charge in [0.05, 0.1) is 5.52 Å². The summed E-state index contributed by atoms with van der Waals surface area (Å²) in [5.41, 5.74) is 2.18. The van der Waals surface area contributed by atoms with Crippen molar-refractivity contribution >= 4 is 16.7 Å². The maximum absolute atomic E-state index is 10.9. The monoisotopic (exact) mass is 199 g/mol. The van der Waals surface area contributed by atoms with Gasteiger partial charge < -0.3 is 4.79 Å². The fourth-order valence-corrected chi connectivity index (χ4v) is 1.59. The number of carbonyl (C=O) groups excluding carboxylic acids is 1. The van der Waals surface area contributed by atoms with Gasteiger partial charge in [0.25, 0.3) is 0 Å². The third-order valence-corrected chi connectivity index (χ3v) is 2.44. The van der Waals surface area contributed by atoms with Crippen LogP contribution in [0.5, 0.6) is 0 Å². The second-order valence-electron chi connectivity index (χ2n) is 3.73. The molecular formula is C13H13NO. The van der Waals surface area contributed by atoms with Gasteiger partial charge in [-0.25, -0.2) is 0 Å². The summed E-state index contributed by atoms with van der Waals surface area (Å²) in [4.78, 5) is 15.1. The van der Waals surface area contributed by atoms with E-state index < -0.39 is 0 Å². The van der Waals surface area contributed by atoms with Crippen LogP contribution in [0.1, 0.15) is 18.9 Å². The minimum absolute atomic E-state index is 0.233. The summed E-state index contributed by atoms with van der Waals surface area (Å²) in [6.45, 7) is 1.62. The molecule has 0 bridgehead atoms. The molecule has 0 atom stereocenters. The summed E-state index contributed by atoms with van der Waals surface area (Å²) in [7, 11) is 0. The van der Waals surface area contributed by atoms with Gasteiger partial charge in [-0.1, -0.05) is 18.2 Å². The largest absolute Gasteiger partial charge is 0.300 e. The van der Waals surface area contributed by atoms with Crippen LogP contribution < -0.4 is 0 Å². The van der Waals surface area contributed by atoms with Crippen molar-refractivity contribution in [2.75, 3.05) is 0 Å². The van der Waals surface area contributed by atoms with Crippen LogP contribution in [0.15, 0.2) is 36.5 Å². The van der Waals surface area contributed by atoms with Crippen molar-refractivity contribution in [3.63, 3.8) is 0 Å². The molecule has 0 saturated heterocycles. The summed E-state index contributed by atoms with van der Waals surface area (Å²) in [6, 6.07) is 10.1. The Labute approximate surface area is 89.0 Å². The zero-order valence-corrected chi connectivity index (χ0v) is 8.73. The smallest absolute Gasteiger partial charge is 0.130 e.